The molecule has 1 aliphatic rings. The number of hydrogen-bond acceptors (Lipinski definition) is 5. The maximum atomic E-state index is 15.1. The first-order valence-corrected chi connectivity index (χ1v) is 7.22. The number of hydrogen-bond donors (Lipinski definition) is 1. The number of nitrogens with zero attached hydrogens (tertiary/aromatic N) is 2. The number of carbonyl (C=O) groups is 2. The van der Waals surface area contributed by atoms with Gasteiger partial charge in [-0.15, -0.1) is 0 Å². The molecule has 8 heteroatoms. The van der Waals surface area contributed by atoms with E-state index in [2.05, 4.69) is 4.98 Å². The van der Waals surface area contributed by atoms with Gasteiger partial charge in [0.05, 0.1) is 33.2 Å². The number of likely N-dealkylation sites (tertiary alicyclic amines) is 1. The number of halogens is 1. The third-order valence-corrected chi connectivity index (χ3v) is 3.85. The number of pyridine rings is 1. The highest BCUT2D eigenvalue weighted by Crippen LogP contribution is 2.41. The summed E-state index contributed by atoms with van der Waals surface area (Å²) in [5, 5.41) is 8.89. The second-order valence-electron chi connectivity index (χ2n) is 5.37. The van der Waals surface area contributed by atoms with Crippen LogP contribution in [0.1, 0.15) is 24.8 Å². The van der Waals surface area contributed by atoms with Gasteiger partial charge >= 0.3 is 12.1 Å². The van der Waals surface area contributed by atoms with Gasteiger partial charge in [-0.2, -0.15) is 0 Å². The number of amides is 1. The number of methoxy groups -OCH3 is 1. The van der Waals surface area contributed by atoms with Crippen molar-refractivity contribution < 1.29 is 28.6 Å². The Morgan fingerprint density at radius 1 is 1.48 bits per heavy atom. The van der Waals surface area contributed by atoms with Crippen LogP contribution < -0.4 is 4.74 Å². The number of aromatic nitrogens is 1. The first-order valence-electron chi connectivity index (χ1n) is 7.22. The molecule has 1 atom stereocenters. The molecule has 0 bridgehead atoms. The molecule has 0 spiro atoms. The lowest BCUT2D eigenvalue weighted by atomic mass is 9.77. The summed E-state index contributed by atoms with van der Waals surface area (Å²) in [5.41, 5.74) is -1.31. The second kappa shape index (κ2) is 6.80. The van der Waals surface area contributed by atoms with Crippen LogP contribution in [0.4, 0.5) is 9.18 Å². The van der Waals surface area contributed by atoms with Crippen LogP contribution in [0.25, 0.3) is 0 Å². The zero-order valence-electron chi connectivity index (χ0n) is 13.0. The van der Waals surface area contributed by atoms with E-state index in [4.69, 9.17) is 14.6 Å². The fourth-order valence-corrected chi connectivity index (χ4v) is 2.65. The van der Waals surface area contributed by atoms with Crippen LogP contribution in [-0.2, 0) is 9.53 Å². The zero-order valence-corrected chi connectivity index (χ0v) is 13.0. The summed E-state index contributed by atoms with van der Waals surface area (Å²) in [6.45, 7) is 1.31. The minimum atomic E-state index is -1.82. The molecule has 1 unspecified atom stereocenters. The first kappa shape index (κ1) is 17.0. The summed E-state index contributed by atoms with van der Waals surface area (Å²) in [6.07, 6.45) is 0.0836. The Morgan fingerprint density at radius 3 is 2.65 bits per heavy atom. The monoisotopic (exact) mass is 326 g/mol. The van der Waals surface area contributed by atoms with E-state index >= 15 is 4.39 Å². The summed E-state index contributed by atoms with van der Waals surface area (Å²) < 4.78 is 24.9. The Labute approximate surface area is 133 Å². The quantitative estimate of drug-likeness (QED) is 0.802. The predicted octanol–water partition coefficient (Wildman–Crippen LogP) is 1.83. The van der Waals surface area contributed by atoms with E-state index in [1.807, 2.05) is 0 Å². The summed E-state index contributed by atoms with van der Waals surface area (Å²) in [7, 11) is 1.46. The van der Waals surface area contributed by atoms with Crippen LogP contribution in [0.2, 0.25) is 0 Å². The van der Waals surface area contributed by atoms with Crippen molar-refractivity contribution in [3.8, 4) is 5.88 Å². The average molecular weight is 326 g/mol. The molecule has 1 aromatic rings. The van der Waals surface area contributed by atoms with Gasteiger partial charge in [0.15, 0.2) is 5.67 Å². The molecule has 126 valence electrons. The van der Waals surface area contributed by atoms with E-state index in [9.17, 15) is 9.59 Å². The highest BCUT2D eigenvalue weighted by molar-refractivity contribution is 5.71. The smallest absolute Gasteiger partial charge is 0.407 e. The van der Waals surface area contributed by atoms with Crippen LogP contribution in [0, 0.1) is 0 Å². The van der Waals surface area contributed by atoms with Crippen molar-refractivity contribution in [1.29, 1.82) is 0 Å². The molecule has 1 aliphatic heterocycles. The van der Waals surface area contributed by atoms with Crippen LogP contribution >= 0.6 is 0 Å². The largest absolute Gasteiger partial charge is 0.481 e. The molecule has 1 aromatic heterocycles. The number of carbonyl (C=O) groups excluding carboxylic acids is 1. The van der Waals surface area contributed by atoms with Gasteiger partial charge in [0, 0.05) is 18.2 Å². The van der Waals surface area contributed by atoms with Gasteiger partial charge in [-0.05, 0) is 12.5 Å². The van der Waals surface area contributed by atoms with Crippen LogP contribution in [0.15, 0.2) is 18.3 Å². The average Bonchev–Trinajstić information content (AvgIpc) is 2.50. The minimum Gasteiger partial charge on any atom is -0.481 e. The molecule has 1 N–H and O–H groups in total. The Hall–Kier alpha value is -2.38. The van der Waals surface area contributed by atoms with E-state index in [1.54, 1.807) is 19.1 Å². The van der Waals surface area contributed by atoms with E-state index in [-0.39, 0.29) is 26.1 Å². The normalized spacial score (nSPS) is 17.1. The summed E-state index contributed by atoms with van der Waals surface area (Å²) in [4.78, 5) is 27.7. The molecule has 1 saturated heterocycles. The van der Waals surface area contributed by atoms with Gasteiger partial charge in [-0.1, -0.05) is 6.07 Å². The summed E-state index contributed by atoms with van der Waals surface area (Å²) in [5.74, 6) is -0.980. The fourth-order valence-electron chi connectivity index (χ4n) is 2.65. The van der Waals surface area contributed by atoms with Crippen molar-refractivity contribution in [1.82, 2.24) is 9.88 Å². The first-order chi connectivity index (χ1) is 10.9. The van der Waals surface area contributed by atoms with Crippen molar-refractivity contribution in [2.24, 2.45) is 0 Å². The van der Waals surface area contributed by atoms with Gasteiger partial charge in [-0.3, -0.25) is 4.79 Å². The van der Waals surface area contributed by atoms with Crippen molar-refractivity contribution in [2.75, 3.05) is 26.8 Å². The lowest BCUT2D eigenvalue weighted by molar-refractivity contribution is -0.145. The third-order valence-electron chi connectivity index (χ3n) is 3.85. The second-order valence-corrected chi connectivity index (χ2v) is 5.37. The van der Waals surface area contributed by atoms with Crippen LogP contribution in [0.3, 0.4) is 0 Å². The van der Waals surface area contributed by atoms with E-state index < -0.39 is 23.6 Å². The third kappa shape index (κ3) is 3.69. The number of alkyl halides is 1. The highest BCUT2D eigenvalue weighted by atomic mass is 19.1. The molecule has 2 rings (SSSR count). The van der Waals surface area contributed by atoms with Crippen molar-refractivity contribution in [3.63, 3.8) is 0 Å². The summed E-state index contributed by atoms with van der Waals surface area (Å²) in [6, 6.07) is 3.20. The van der Waals surface area contributed by atoms with E-state index in [1.165, 1.54) is 13.3 Å². The Morgan fingerprint density at radius 2 is 2.17 bits per heavy atom. The topological polar surface area (TPSA) is 89.0 Å². The Kier molecular flexibility index (Phi) is 5.02. The minimum absolute atomic E-state index is 0.175. The molecule has 0 aromatic carbocycles. The number of ether oxygens (including phenoxy) is 2. The summed E-state index contributed by atoms with van der Waals surface area (Å²) >= 11 is 0. The van der Waals surface area contributed by atoms with Crippen LogP contribution in [0.5, 0.6) is 5.88 Å². The molecular weight excluding hydrogens is 307 g/mol. The van der Waals surface area contributed by atoms with Gasteiger partial charge in [0.1, 0.15) is 0 Å². The van der Waals surface area contributed by atoms with Gasteiger partial charge in [0.25, 0.3) is 0 Å². The number of rotatable bonds is 6. The molecule has 1 amide bonds. The van der Waals surface area contributed by atoms with Crippen LogP contribution in [-0.4, -0.2) is 59.5 Å². The highest BCUT2D eigenvalue weighted by Gasteiger charge is 2.52. The molecule has 2 heterocycles. The molecule has 0 radical (unpaired) electrons. The standard InChI is InChI=1S/C15H19FN2O5/c1-3-23-13(19)6-11(10-4-5-12(22-2)17-7-10)15(16)8-18(9-15)14(20)21/h4-5,7,11H,3,6,8-9H2,1-2H3,(H,20,21). The van der Waals surface area contributed by atoms with Gasteiger partial charge in [-0.25, -0.2) is 14.2 Å². The lowest BCUT2D eigenvalue weighted by Gasteiger charge is -2.47. The lowest BCUT2D eigenvalue weighted by Crippen LogP contribution is -2.63. The molecule has 23 heavy (non-hydrogen) atoms. The van der Waals surface area contributed by atoms with E-state index in [0.717, 1.165) is 4.90 Å². The van der Waals surface area contributed by atoms with Crippen molar-refractivity contribution in [2.45, 2.75) is 24.9 Å². The van der Waals surface area contributed by atoms with Gasteiger partial charge < -0.3 is 19.5 Å². The van der Waals surface area contributed by atoms with Crippen molar-refractivity contribution >= 4 is 12.1 Å². The molecule has 1 fully saturated rings. The Bertz CT molecular complexity index is 572. The molecule has 0 aliphatic carbocycles. The molecule has 0 saturated carbocycles. The van der Waals surface area contributed by atoms with Crippen molar-refractivity contribution in [3.05, 3.63) is 23.9 Å². The maximum Gasteiger partial charge on any atom is 0.407 e. The van der Waals surface area contributed by atoms with E-state index in [0.29, 0.717) is 11.4 Å². The maximum absolute atomic E-state index is 15.1. The fraction of sp³-hybridized carbons (Fsp3) is 0.533. The molecular formula is C15H19FN2O5. The molecule has 7 nitrogen and oxygen atoms in total. The van der Waals surface area contributed by atoms with Gasteiger partial charge in [0.2, 0.25) is 5.88 Å². The Balaban J connectivity index is 2.21. The predicted molar refractivity (Wildman–Crippen MR) is 78.2 cm³/mol. The SMILES string of the molecule is CCOC(=O)CC(c1ccc(OC)nc1)C1(F)CN(C(=O)O)C1. The zero-order chi connectivity index (χ0) is 17.0. The number of esters is 1. The number of carboxylic acid groups (broad SMARTS) is 1.